The van der Waals surface area contributed by atoms with Gasteiger partial charge in [-0.2, -0.15) is 0 Å². The summed E-state index contributed by atoms with van der Waals surface area (Å²) in [6, 6.07) is 0. The second-order valence-electron chi connectivity index (χ2n) is 3.86. The normalized spacial score (nSPS) is 9.16. The molecule has 6 nitrogen and oxygen atoms in total. The van der Waals surface area contributed by atoms with Crippen LogP contribution in [0.1, 0.15) is 40.5 Å². The van der Waals surface area contributed by atoms with Crippen molar-refractivity contribution < 1.29 is 30.0 Å². The second kappa shape index (κ2) is 11.4. The predicted molar refractivity (Wildman–Crippen MR) is 72.7 cm³/mol. The Kier molecular flexibility index (Phi) is 13.5. The molecule has 0 aromatic rings. The van der Waals surface area contributed by atoms with Crippen LogP contribution >= 0.6 is 0 Å². The minimum absolute atomic E-state index is 0.176. The number of carbonyl (C=O) groups is 2. The summed E-state index contributed by atoms with van der Waals surface area (Å²) in [6.07, 6.45) is 0.812. The Balaban J connectivity index is -0.000000203. The van der Waals surface area contributed by atoms with Crippen LogP contribution in [0.15, 0.2) is 24.3 Å². The molecule has 0 heterocycles. The molecule has 0 amide bonds. The van der Waals surface area contributed by atoms with Crippen LogP contribution in [-0.2, 0) is 9.59 Å². The van der Waals surface area contributed by atoms with Gasteiger partial charge in [-0.3, -0.25) is 0 Å². The van der Waals surface area contributed by atoms with Crippen molar-refractivity contribution >= 4 is 11.9 Å². The minimum atomic E-state index is -1.42. The number of carboxylic acid groups (broad SMARTS) is 2. The Labute approximate surface area is 113 Å². The van der Waals surface area contributed by atoms with Crippen LogP contribution in [0.25, 0.3) is 0 Å². The molecule has 0 aromatic heterocycles. The van der Waals surface area contributed by atoms with Gasteiger partial charge in [0.2, 0.25) is 0 Å². The van der Waals surface area contributed by atoms with Crippen molar-refractivity contribution in [3.05, 3.63) is 24.3 Å². The number of hydrogen-bond donors (Lipinski definition) is 4. The lowest BCUT2D eigenvalue weighted by Gasteiger charge is -2.15. The van der Waals surface area contributed by atoms with Gasteiger partial charge in [0.25, 0.3) is 0 Å². The zero-order valence-electron chi connectivity index (χ0n) is 11.9. The average Bonchev–Trinajstić information content (AvgIpc) is 2.30. The van der Waals surface area contributed by atoms with Gasteiger partial charge in [0, 0.05) is 11.1 Å². The summed E-state index contributed by atoms with van der Waals surface area (Å²) in [5, 5.41) is 33.2. The Morgan fingerprint density at radius 3 is 1.05 bits per heavy atom. The van der Waals surface area contributed by atoms with E-state index in [-0.39, 0.29) is 11.1 Å². The molecular weight excluding hydrogens is 252 g/mol. The van der Waals surface area contributed by atoms with Gasteiger partial charge in [-0.15, -0.1) is 0 Å². The molecule has 0 rings (SSSR count). The largest absolute Gasteiger partial charge is 0.478 e. The van der Waals surface area contributed by atoms with Crippen molar-refractivity contribution in [2.75, 3.05) is 0 Å². The van der Waals surface area contributed by atoms with E-state index in [1.54, 1.807) is 13.8 Å². The van der Waals surface area contributed by atoms with Crippen molar-refractivity contribution in [2.45, 2.75) is 46.3 Å². The van der Waals surface area contributed by atoms with Crippen LogP contribution in [-0.4, -0.2) is 38.2 Å². The lowest BCUT2D eigenvalue weighted by molar-refractivity contribution is -0.163. The molecule has 0 fully saturated rings. The molecule has 0 saturated carbocycles. The zero-order chi connectivity index (χ0) is 16.2. The van der Waals surface area contributed by atoms with Crippen LogP contribution in [0.2, 0.25) is 0 Å². The van der Waals surface area contributed by atoms with E-state index in [2.05, 4.69) is 13.2 Å². The standard InChI is InChI=1S/C5H12O2.2C4H6O2/c1-3-5(6,7)4-2;2*1-3(2)4(5)6/h6-7H,3-4H2,1-2H3;2*1H2,2H3,(H,5,6). The van der Waals surface area contributed by atoms with Crippen LogP contribution < -0.4 is 0 Å². The Hall–Kier alpha value is -1.66. The number of carboxylic acids is 2. The first-order chi connectivity index (χ1) is 8.41. The summed E-state index contributed by atoms with van der Waals surface area (Å²) in [5.74, 6) is -3.29. The topological polar surface area (TPSA) is 115 Å². The molecule has 0 aliphatic rings. The Bertz CT molecular complexity index is 263. The third kappa shape index (κ3) is 22.1. The fourth-order valence-corrected chi connectivity index (χ4v) is 0.250. The molecule has 4 N–H and O–H groups in total. The highest BCUT2D eigenvalue weighted by atomic mass is 16.5. The van der Waals surface area contributed by atoms with Gasteiger partial charge in [0.1, 0.15) is 0 Å². The molecule has 0 unspecified atom stereocenters. The summed E-state index contributed by atoms with van der Waals surface area (Å²) in [4.78, 5) is 19.2. The molecule has 6 heteroatoms. The fourth-order valence-electron chi connectivity index (χ4n) is 0.250. The van der Waals surface area contributed by atoms with Crippen LogP contribution in [0.5, 0.6) is 0 Å². The first-order valence-corrected chi connectivity index (χ1v) is 5.63. The van der Waals surface area contributed by atoms with Gasteiger partial charge in [-0.1, -0.05) is 27.0 Å². The second-order valence-corrected chi connectivity index (χ2v) is 3.86. The highest BCUT2D eigenvalue weighted by Crippen LogP contribution is 2.07. The molecule has 0 spiro atoms. The molecule has 0 radical (unpaired) electrons. The summed E-state index contributed by atoms with van der Waals surface area (Å²) >= 11 is 0. The lowest BCUT2D eigenvalue weighted by Crippen LogP contribution is -2.24. The maximum Gasteiger partial charge on any atom is 0.330 e. The minimum Gasteiger partial charge on any atom is -0.478 e. The molecule has 0 aliphatic carbocycles. The van der Waals surface area contributed by atoms with Crippen molar-refractivity contribution in [3.63, 3.8) is 0 Å². The van der Waals surface area contributed by atoms with E-state index >= 15 is 0 Å². The van der Waals surface area contributed by atoms with E-state index < -0.39 is 17.7 Å². The number of hydrogen-bond acceptors (Lipinski definition) is 4. The van der Waals surface area contributed by atoms with E-state index in [4.69, 9.17) is 20.4 Å². The number of rotatable bonds is 4. The van der Waals surface area contributed by atoms with Gasteiger partial charge in [-0.25, -0.2) is 9.59 Å². The zero-order valence-corrected chi connectivity index (χ0v) is 11.9. The Morgan fingerprint density at radius 2 is 1.05 bits per heavy atom. The SMILES string of the molecule is C=C(C)C(=O)O.C=C(C)C(=O)O.CCC(O)(O)CC. The molecule has 0 aromatic carbocycles. The number of aliphatic hydroxyl groups is 2. The van der Waals surface area contributed by atoms with Crippen LogP contribution in [0.3, 0.4) is 0 Å². The van der Waals surface area contributed by atoms with Gasteiger partial charge >= 0.3 is 11.9 Å². The highest BCUT2D eigenvalue weighted by Gasteiger charge is 2.15. The molecule has 0 bridgehead atoms. The van der Waals surface area contributed by atoms with Gasteiger partial charge < -0.3 is 20.4 Å². The molecular formula is C13H24O6. The number of aliphatic carboxylic acids is 2. The molecule has 0 atom stereocenters. The predicted octanol–water partition coefficient (Wildman–Crippen LogP) is 1.78. The first kappa shape index (κ1) is 22.5. The third-order valence-corrected chi connectivity index (χ3v) is 1.86. The Morgan fingerprint density at radius 1 is 0.895 bits per heavy atom. The summed E-state index contributed by atoms with van der Waals surface area (Å²) in [6.45, 7) is 12.7. The van der Waals surface area contributed by atoms with Crippen molar-refractivity contribution in [1.82, 2.24) is 0 Å². The van der Waals surface area contributed by atoms with Crippen LogP contribution in [0.4, 0.5) is 0 Å². The average molecular weight is 276 g/mol. The summed E-state index contributed by atoms with van der Waals surface area (Å²) in [5.41, 5.74) is 0.352. The first-order valence-electron chi connectivity index (χ1n) is 5.63. The summed E-state index contributed by atoms with van der Waals surface area (Å²) in [7, 11) is 0. The van der Waals surface area contributed by atoms with E-state index in [0.29, 0.717) is 12.8 Å². The quantitative estimate of drug-likeness (QED) is 0.459. The maximum absolute atomic E-state index is 9.60. The molecule has 19 heavy (non-hydrogen) atoms. The third-order valence-electron chi connectivity index (χ3n) is 1.86. The summed E-state index contributed by atoms with van der Waals surface area (Å²) < 4.78 is 0. The smallest absolute Gasteiger partial charge is 0.330 e. The van der Waals surface area contributed by atoms with Gasteiger partial charge in [-0.05, 0) is 26.7 Å². The molecule has 112 valence electrons. The lowest BCUT2D eigenvalue weighted by atomic mass is 10.2. The van der Waals surface area contributed by atoms with Crippen molar-refractivity contribution in [2.24, 2.45) is 0 Å². The highest BCUT2D eigenvalue weighted by molar-refractivity contribution is 5.85. The van der Waals surface area contributed by atoms with Gasteiger partial charge in [0.05, 0.1) is 0 Å². The fraction of sp³-hybridized carbons (Fsp3) is 0.538. The van der Waals surface area contributed by atoms with Crippen LogP contribution in [0, 0.1) is 0 Å². The van der Waals surface area contributed by atoms with E-state index in [1.807, 2.05) is 0 Å². The molecule has 0 saturated heterocycles. The van der Waals surface area contributed by atoms with Crippen molar-refractivity contribution in [1.29, 1.82) is 0 Å². The van der Waals surface area contributed by atoms with Gasteiger partial charge in [0.15, 0.2) is 5.79 Å². The van der Waals surface area contributed by atoms with E-state index in [0.717, 1.165) is 0 Å². The van der Waals surface area contributed by atoms with Crippen molar-refractivity contribution in [3.8, 4) is 0 Å². The van der Waals surface area contributed by atoms with E-state index in [9.17, 15) is 9.59 Å². The molecule has 0 aliphatic heterocycles. The maximum atomic E-state index is 9.60. The monoisotopic (exact) mass is 276 g/mol. The van der Waals surface area contributed by atoms with E-state index in [1.165, 1.54) is 13.8 Å².